The van der Waals surface area contributed by atoms with Crippen molar-refractivity contribution < 1.29 is 9.53 Å². The highest BCUT2D eigenvalue weighted by atomic mass is 16.5. The second kappa shape index (κ2) is 8.73. The van der Waals surface area contributed by atoms with Crippen LogP contribution in [0, 0.1) is 0 Å². The number of hydrogen-bond acceptors (Lipinski definition) is 2. The maximum atomic E-state index is 12.2. The van der Waals surface area contributed by atoms with Crippen LogP contribution in [0.1, 0.15) is 64.4 Å². The highest BCUT2D eigenvalue weighted by Gasteiger charge is 2.21. The van der Waals surface area contributed by atoms with E-state index in [1.807, 2.05) is 44.2 Å². The first-order valence-electron chi connectivity index (χ1n) is 7.44. The Kier molecular flexibility index (Phi) is 7.24. The van der Waals surface area contributed by atoms with Crippen molar-refractivity contribution in [1.29, 1.82) is 0 Å². The summed E-state index contributed by atoms with van der Waals surface area (Å²) in [5.74, 6) is -0.215. The number of unbranched alkanes of at least 4 members (excludes halogenated alkanes) is 2. The van der Waals surface area contributed by atoms with E-state index in [-0.39, 0.29) is 18.0 Å². The van der Waals surface area contributed by atoms with Crippen molar-refractivity contribution in [3.63, 3.8) is 0 Å². The molecule has 19 heavy (non-hydrogen) atoms. The van der Waals surface area contributed by atoms with Gasteiger partial charge in [-0.2, -0.15) is 0 Å². The van der Waals surface area contributed by atoms with E-state index < -0.39 is 0 Å². The van der Waals surface area contributed by atoms with Crippen molar-refractivity contribution in [2.45, 2.75) is 64.9 Å². The molecule has 0 aliphatic heterocycles. The summed E-state index contributed by atoms with van der Waals surface area (Å²) >= 11 is 0. The second-order valence-corrected chi connectivity index (χ2v) is 5.11. The lowest BCUT2D eigenvalue weighted by atomic mass is 9.97. The maximum absolute atomic E-state index is 12.2. The summed E-state index contributed by atoms with van der Waals surface area (Å²) in [6, 6.07) is 9.90. The summed E-state index contributed by atoms with van der Waals surface area (Å²) in [5.41, 5.74) is 1.05. The highest BCUT2D eigenvalue weighted by molar-refractivity contribution is 5.78. The summed E-state index contributed by atoms with van der Waals surface area (Å²) in [5, 5.41) is 0. The minimum atomic E-state index is -0.130. The Morgan fingerprint density at radius 3 is 2.42 bits per heavy atom. The number of rotatable bonds is 8. The zero-order valence-corrected chi connectivity index (χ0v) is 12.4. The number of esters is 1. The van der Waals surface area contributed by atoms with Crippen LogP contribution in [-0.4, -0.2) is 12.1 Å². The number of carbonyl (C=O) groups excluding carboxylic acids is 1. The van der Waals surface area contributed by atoms with Crippen LogP contribution < -0.4 is 0 Å². The number of ether oxygens (including phenoxy) is 1. The van der Waals surface area contributed by atoms with Crippen molar-refractivity contribution in [1.82, 2.24) is 0 Å². The molecule has 0 aliphatic carbocycles. The first-order valence-corrected chi connectivity index (χ1v) is 7.44. The minimum absolute atomic E-state index is 0.0248. The maximum Gasteiger partial charge on any atom is 0.313 e. The smallest absolute Gasteiger partial charge is 0.313 e. The predicted molar refractivity (Wildman–Crippen MR) is 79.2 cm³/mol. The van der Waals surface area contributed by atoms with Gasteiger partial charge in [-0.15, -0.1) is 0 Å². The van der Waals surface area contributed by atoms with E-state index in [0.29, 0.717) is 0 Å². The van der Waals surface area contributed by atoms with Crippen LogP contribution in [0.5, 0.6) is 0 Å². The van der Waals surface area contributed by atoms with Gasteiger partial charge in [0.2, 0.25) is 0 Å². The molecule has 2 unspecified atom stereocenters. The van der Waals surface area contributed by atoms with Crippen molar-refractivity contribution in [2.75, 3.05) is 0 Å². The molecule has 2 nitrogen and oxygen atoms in total. The molecule has 1 aromatic rings. The average molecular weight is 262 g/mol. The van der Waals surface area contributed by atoms with E-state index in [2.05, 4.69) is 6.92 Å². The van der Waals surface area contributed by atoms with E-state index in [1.165, 1.54) is 12.8 Å². The summed E-state index contributed by atoms with van der Waals surface area (Å²) in [6.07, 6.45) is 5.31. The molecule has 0 N–H and O–H groups in total. The summed E-state index contributed by atoms with van der Waals surface area (Å²) < 4.78 is 5.57. The zero-order chi connectivity index (χ0) is 14.1. The first kappa shape index (κ1) is 15.7. The van der Waals surface area contributed by atoms with Crippen LogP contribution in [0.2, 0.25) is 0 Å². The van der Waals surface area contributed by atoms with E-state index in [1.54, 1.807) is 0 Å². The van der Waals surface area contributed by atoms with Crippen molar-refractivity contribution >= 4 is 5.97 Å². The first-order chi connectivity index (χ1) is 9.19. The molecule has 0 spiro atoms. The van der Waals surface area contributed by atoms with Gasteiger partial charge >= 0.3 is 5.97 Å². The molecule has 1 aromatic carbocycles. The number of carbonyl (C=O) groups is 1. The fraction of sp³-hybridized carbons (Fsp3) is 0.588. The van der Waals surface area contributed by atoms with Crippen molar-refractivity contribution in [2.24, 2.45) is 0 Å². The van der Waals surface area contributed by atoms with E-state index in [4.69, 9.17) is 4.74 Å². The third-order valence-corrected chi connectivity index (χ3v) is 3.43. The van der Waals surface area contributed by atoms with Gasteiger partial charge in [-0.1, -0.05) is 57.0 Å². The van der Waals surface area contributed by atoms with Gasteiger partial charge in [0.1, 0.15) is 0 Å². The Bertz CT molecular complexity index is 359. The Balaban J connectivity index is 2.50. The summed E-state index contributed by atoms with van der Waals surface area (Å²) in [7, 11) is 0. The molecular formula is C17H26O2. The van der Waals surface area contributed by atoms with E-state index in [0.717, 1.165) is 24.8 Å². The quantitative estimate of drug-likeness (QED) is 0.501. The SMILES string of the molecule is CCCCCC(C)OC(=O)C(CC)c1ccccc1. The predicted octanol–water partition coefficient (Wildman–Crippen LogP) is 4.69. The largest absolute Gasteiger partial charge is 0.462 e. The van der Waals surface area contributed by atoms with Gasteiger partial charge in [0.05, 0.1) is 12.0 Å². The molecule has 0 saturated carbocycles. The molecular weight excluding hydrogens is 236 g/mol. The van der Waals surface area contributed by atoms with Gasteiger partial charge < -0.3 is 4.74 Å². The normalized spacial score (nSPS) is 13.8. The lowest BCUT2D eigenvalue weighted by Crippen LogP contribution is -2.21. The highest BCUT2D eigenvalue weighted by Crippen LogP contribution is 2.22. The molecule has 0 radical (unpaired) electrons. The van der Waals surface area contributed by atoms with Gasteiger partial charge in [0.25, 0.3) is 0 Å². The molecule has 0 aromatic heterocycles. The molecule has 0 aliphatic rings. The van der Waals surface area contributed by atoms with Gasteiger partial charge in [0.15, 0.2) is 0 Å². The van der Waals surface area contributed by atoms with Crippen LogP contribution in [0.25, 0.3) is 0 Å². The van der Waals surface area contributed by atoms with Crippen LogP contribution >= 0.6 is 0 Å². The molecule has 2 atom stereocenters. The van der Waals surface area contributed by atoms with Crippen LogP contribution in [0.15, 0.2) is 30.3 Å². The van der Waals surface area contributed by atoms with Crippen LogP contribution in [-0.2, 0) is 9.53 Å². The topological polar surface area (TPSA) is 26.3 Å². The van der Waals surface area contributed by atoms with Crippen molar-refractivity contribution in [3.8, 4) is 0 Å². The van der Waals surface area contributed by atoms with Crippen molar-refractivity contribution in [3.05, 3.63) is 35.9 Å². The molecule has 106 valence electrons. The molecule has 0 bridgehead atoms. The number of hydrogen-bond donors (Lipinski definition) is 0. The fourth-order valence-corrected chi connectivity index (χ4v) is 2.24. The van der Waals surface area contributed by atoms with E-state index in [9.17, 15) is 4.79 Å². The molecule has 1 rings (SSSR count). The Morgan fingerprint density at radius 2 is 1.84 bits per heavy atom. The summed E-state index contributed by atoms with van der Waals surface area (Å²) in [4.78, 5) is 12.2. The minimum Gasteiger partial charge on any atom is -0.462 e. The molecule has 0 fully saturated rings. The monoisotopic (exact) mass is 262 g/mol. The standard InChI is InChI=1S/C17H26O2/c1-4-6-8-11-14(3)19-17(18)16(5-2)15-12-9-7-10-13-15/h7,9-10,12-14,16H,4-6,8,11H2,1-3H3. The van der Waals surface area contributed by atoms with Gasteiger partial charge in [-0.05, 0) is 31.7 Å². The second-order valence-electron chi connectivity index (χ2n) is 5.11. The Morgan fingerprint density at radius 1 is 1.16 bits per heavy atom. The third-order valence-electron chi connectivity index (χ3n) is 3.43. The Labute approximate surface area is 117 Å². The van der Waals surface area contributed by atoms with Gasteiger partial charge in [-0.3, -0.25) is 4.79 Å². The van der Waals surface area contributed by atoms with Gasteiger partial charge in [0, 0.05) is 0 Å². The third kappa shape index (κ3) is 5.46. The number of benzene rings is 1. The lowest BCUT2D eigenvalue weighted by molar-refractivity contribution is -0.150. The lowest BCUT2D eigenvalue weighted by Gasteiger charge is -2.18. The Hall–Kier alpha value is -1.31. The average Bonchev–Trinajstić information content (AvgIpc) is 2.41. The molecule has 0 heterocycles. The fourth-order valence-electron chi connectivity index (χ4n) is 2.24. The molecule has 0 amide bonds. The summed E-state index contributed by atoms with van der Waals surface area (Å²) in [6.45, 7) is 6.20. The van der Waals surface area contributed by atoms with E-state index >= 15 is 0 Å². The zero-order valence-electron chi connectivity index (χ0n) is 12.4. The van der Waals surface area contributed by atoms with Crippen LogP contribution in [0.3, 0.4) is 0 Å². The molecule has 0 saturated heterocycles. The molecule has 2 heteroatoms. The van der Waals surface area contributed by atoms with Crippen LogP contribution in [0.4, 0.5) is 0 Å². The van der Waals surface area contributed by atoms with Gasteiger partial charge in [-0.25, -0.2) is 0 Å².